The lowest BCUT2D eigenvalue weighted by atomic mass is 10.1. The Bertz CT molecular complexity index is 1120. The zero-order valence-corrected chi connectivity index (χ0v) is 16.0. The quantitative estimate of drug-likeness (QED) is 0.288. The maximum atomic E-state index is 12.5. The van der Waals surface area contributed by atoms with E-state index in [9.17, 15) is 19.7 Å². The molecule has 2 heterocycles. The van der Waals surface area contributed by atoms with Crippen molar-refractivity contribution in [3.05, 3.63) is 69.9 Å². The average molecular weight is 409 g/mol. The molecule has 9 heteroatoms. The molecule has 1 aliphatic rings. The van der Waals surface area contributed by atoms with Gasteiger partial charge >= 0.3 is 5.97 Å². The maximum absolute atomic E-state index is 12.5. The highest BCUT2D eigenvalue weighted by atomic mass is 16.6. The maximum Gasteiger partial charge on any atom is 0.338 e. The number of carbonyl (C=O) groups excluding carboxylic acids is 2. The number of nitrogens with one attached hydrogen (secondary N) is 1. The van der Waals surface area contributed by atoms with Crippen LogP contribution in [0.15, 0.2) is 48.7 Å². The third-order valence-corrected chi connectivity index (χ3v) is 4.98. The van der Waals surface area contributed by atoms with Crippen LogP contribution in [0.4, 0.5) is 11.4 Å². The van der Waals surface area contributed by atoms with E-state index in [4.69, 9.17) is 9.47 Å². The Balaban J connectivity index is 1.48. The molecule has 1 aliphatic heterocycles. The summed E-state index contributed by atoms with van der Waals surface area (Å²) in [7, 11) is 0. The van der Waals surface area contributed by atoms with E-state index in [-0.39, 0.29) is 17.0 Å². The molecule has 0 saturated carbocycles. The summed E-state index contributed by atoms with van der Waals surface area (Å²) in [6, 6.07) is 11.5. The number of morpholine rings is 1. The summed E-state index contributed by atoms with van der Waals surface area (Å²) in [6.07, 6.45) is 1.57. The Hall–Kier alpha value is -3.72. The Kier molecular flexibility index (Phi) is 5.44. The molecule has 0 radical (unpaired) electrons. The van der Waals surface area contributed by atoms with Gasteiger partial charge in [-0.25, -0.2) is 4.79 Å². The summed E-state index contributed by atoms with van der Waals surface area (Å²) in [6.45, 7) is 1.57. The number of nitrogens with zero attached hydrogens (tertiary/aromatic N) is 2. The van der Waals surface area contributed by atoms with Crippen molar-refractivity contribution in [3.63, 3.8) is 0 Å². The molecule has 2 aromatic carbocycles. The number of aromatic nitrogens is 1. The number of hydrogen-bond donors (Lipinski definition) is 1. The molecule has 0 unspecified atom stereocenters. The van der Waals surface area contributed by atoms with Crippen molar-refractivity contribution < 1.29 is 24.0 Å². The number of para-hydroxylation sites is 1. The molecule has 3 aromatic rings. The zero-order chi connectivity index (χ0) is 21.1. The van der Waals surface area contributed by atoms with E-state index >= 15 is 0 Å². The van der Waals surface area contributed by atoms with Gasteiger partial charge in [0, 0.05) is 41.8 Å². The molecule has 0 amide bonds. The fraction of sp³-hybridized carbons (Fsp3) is 0.238. The molecule has 9 nitrogen and oxygen atoms in total. The molecule has 154 valence electrons. The number of esters is 1. The number of nitro benzene ring substituents is 1. The lowest BCUT2D eigenvalue weighted by Gasteiger charge is -2.28. The number of benzene rings is 2. The smallest absolute Gasteiger partial charge is 0.338 e. The predicted octanol–water partition coefficient (Wildman–Crippen LogP) is 2.95. The van der Waals surface area contributed by atoms with Crippen LogP contribution in [0, 0.1) is 10.1 Å². The standard InChI is InChI=1S/C21H19N3O6/c25-20(16-12-22-17-4-2-1-3-15(16)17)13-30-21(26)14-5-6-18(19(11-14)24(27)28)23-7-9-29-10-8-23/h1-6,11-12,22H,7-10,13H2. The van der Waals surface area contributed by atoms with E-state index in [0.717, 1.165) is 10.9 Å². The van der Waals surface area contributed by atoms with Gasteiger partial charge in [-0.1, -0.05) is 18.2 Å². The van der Waals surface area contributed by atoms with E-state index in [2.05, 4.69) is 4.98 Å². The number of fused-ring (bicyclic) bond motifs is 1. The summed E-state index contributed by atoms with van der Waals surface area (Å²) in [5, 5.41) is 12.3. The Labute approximate surface area is 171 Å². The number of Topliss-reactive ketones (excluding diaryl/α,β-unsaturated/α-hetero) is 1. The normalized spacial score (nSPS) is 13.9. The van der Waals surface area contributed by atoms with Crippen LogP contribution >= 0.6 is 0 Å². The minimum atomic E-state index is -0.792. The van der Waals surface area contributed by atoms with Gasteiger partial charge in [0.2, 0.25) is 5.78 Å². The molecule has 0 bridgehead atoms. The molecule has 30 heavy (non-hydrogen) atoms. The highest BCUT2D eigenvalue weighted by Gasteiger charge is 2.24. The molecule has 0 spiro atoms. The van der Waals surface area contributed by atoms with Crippen molar-refractivity contribution >= 4 is 34.0 Å². The van der Waals surface area contributed by atoms with E-state index in [1.807, 2.05) is 23.1 Å². The first-order valence-electron chi connectivity index (χ1n) is 9.42. The van der Waals surface area contributed by atoms with Crippen LogP contribution in [-0.4, -0.2) is 54.6 Å². The van der Waals surface area contributed by atoms with Gasteiger partial charge in [0.15, 0.2) is 6.61 Å². The number of aromatic amines is 1. The van der Waals surface area contributed by atoms with Crippen molar-refractivity contribution in [3.8, 4) is 0 Å². The number of H-pyrrole nitrogens is 1. The molecule has 1 fully saturated rings. The number of ether oxygens (including phenoxy) is 2. The number of hydrogen-bond acceptors (Lipinski definition) is 7. The lowest BCUT2D eigenvalue weighted by Crippen LogP contribution is -2.36. The second-order valence-electron chi connectivity index (χ2n) is 6.81. The van der Waals surface area contributed by atoms with Crippen LogP contribution in [0.5, 0.6) is 0 Å². The average Bonchev–Trinajstić information content (AvgIpc) is 3.21. The molecule has 0 atom stereocenters. The van der Waals surface area contributed by atoms with Crippen LogP contribution in [0.25, 0.3) is 10.9 Å². The van der Waals surface area contributed by atoms with E-state index in [1.54, 1.807) is 12.3 Å². The fourth-order valence-electron chi connectivity index (χ4n) is 3.46. The number of anilines is 1. The highest BCUT2D eigenvalue weighted by molar-refractivity contribution is 6.09. The molecule has 1 N–H and O–H groups in total. The van der Waals surface area contributed by atoms with Crippen molar-refractivity contribution in [2.75, 3.05) is 37.8 Å². The third kappa shape index (κ3) is 3.87. The van der Waals surface area contributed by atoms with Crippen molar-refractivity contribution in [1.82, 2.24) is 4.98 Å². The number of nitro groups is 1. The topological polar surface area (TPSA) is 115 Å². The molecule has 1 aromatic heterocycles. The Morgan fingerprint density at radius 3 is 2.70 bits per heavy atom. The first-order chi connectivity index (χ1) is 14.5. The van der Waals surface area contributed by atoms with E-state index in [1.165, 1.54) is 18.2 Å². The zero-order valence-electron chi connectivity index (χ0n) is 16.0. The third-order valence-electron chi connectivity index (χ3n) is 4.98. The Morgan fingerprint density at radius 1 is 1.17 bits per heavy atom. The summed E-state index contributed by atoms with van der Waals surface area (Å²) in [4.78, 5) is 40.7. The monoisotopic (exact) mass is 409 g/mol. The lowest BCUT2D eigenvalue weighted by molar-refractivity contribution is -0.384. The summed E-state index contributed by atoms with van der Waals surface area (Å²) in [5.74, 6) is -1.15. The Morgan fingerprint density at radius 2 is 1.93 bits per heavy atom. The van der Waals surface area contributed by atoms with Crippen molar-refractivity contribution in [2.24, 2.45) is 0 Å². The second-order valence-corrected chi connectivity index (χ2v) is 6.81. The van der Waals surface area contributed by atoms with Crippen LogP contribution in [0.1, 0.15) is 20.7 Å². The number of ketones is 1. The van der Waals surface area contributed by atoms with Gasteiger partial charge in [0.1, 0.15) is 5.69 Å². The summed E-state index contributed by atoms with van der Waals surface area (Å²) >= 11 is 0. The molecule has 4 rings (SSSR count). The molecule has 0 aliphatic carbocycles. The largest absolute Gasteiger partial charge is 0.454 e. The van der Waals surface area contributed by atoms with Gasteiger partial charge in [-0.3, -0.25) is 14.9 Å². The second kappa shape index (κ2) is 8.34. The molecular formula is C21H19N3O6. The van der Waals surface area contributed by atoms with Crippen molar-refractivity contribution in [1.29, 1.82) is 0 Å². The summed E-state index contributed by atoms with van der Waals surface area (Å²) < 4.78 is 10.4. The van der Waals surface area contributed by atoms with Crippen LogP contribution in [0.2, 0.25) is 0 Å². The van der Waals surface area contributed by atoms with Gasteiger partial charge in [-0.15, -0.1) is 0 Å². The highest BCUT2D eigenvalue weighted by Crippen LogP contribution is 2.30. The van der Waals surface area contributed by atoms with Crippen LogP contribution in [0.3, 0.4) is 0 Å². The van der Waals surface area contributed by atoms with Crippen LogP contribution in [-0.2, 0) is 9.47 Å². The van der Waals surface area contributed by atoms with Gasteiger partial charge in [0.25, 0.3) is 5.69 Å². The molecule has 1 saturated heterocycles. The fourth-order valence-corrected chi connectivity index (χ4v) is 3.46. The van der Waals surface area contributed by atoms with Gasteiger partial charge in [-0.2, -0.15) is 0 Å². The van der Waals surface area contributed by atoms with Gasteiger partial charge in [0.05, 0.1) is 23.7 Å². The van der Waals surface area contributed by atoms with Gasteiger partial charge in [-0.05, 0) is 18.2 Å². The van der Waals surface area contributed by atoms with E-state index < -0.39 is 17.5 Å². The minimum absolute atomic E-state index is 0.0189. The molecular weight excluding hydrogens is 390 g/mol. The first-order valence-corrected chi connectivity index (χ1v) is 9.42. The van der Waals surface area contributed by atoms with Gasteiger partial charge < -0.3 is 19.4 Å². The van der Waals surface area contributed by atoms with E-state index in [0.29, 0.717) is 37.6 Å². The SMILES string of the molecule is O=C(OCC(=O)c1c[nH]c2ccccc12)c1ccc(N2CCOCC2)c([N+](=O)[O-])c1. The number of carbonyl (C=O) groups is 2. The van der Waals surface area contributed by atoms with Crippen LogP contribution < -0.4 is 4.90 Å². The minimum Gasteiger partial charge on any atom is -0.454 e. The number of rotatable bonds is 6. The first kappa shape index (κ1) is 19.6. The predicted molar refractivity (Wildman–Crippen MR) is 109 cm³/mol. The summed E-state index contributed by atoms with van der Waals surface area (Å²) in [5.41, 5.74) is 1.49. The van der Waals surface area contributed by atoms with Crippen molar-refractivity contribution in [2.45, 2.75) is 0 Å².